The largest absolute Gasteiger partial charge is 0.0887 e. The summed E-state index contributed by atoms with van der Waals surface area (Å²) >= 11 is 0. The van der Waals surface area contributed by atoms with Crippen LogP contribution < -0.4 is 0 Å². The first kappa shape index (κ1) is 19.4. The first-order chi connectivity index (χ1) is 9.63. The van der Waals surface area contributed by atoms with Crippen LogP contribution in [-0.2, 0) is 0 Å². The van der Waals surface area contributed by atoms with Gasteiger partial charge in [0.05, 0.1) is 13.3 Å². The van der Waals surface area contributed by atoms with Gasteiger partial charge in [0.25, 0.3) is 0 Å². The Morgan fingerprint density at radius 2 is 1.25 bits per heavy atom. The highest BCUT2D eigenvalue weighted by molar-refractivity contribution is 4.95. The summed E-state index contributed by atoms with van der Waals surface area (Å²) in [6.45, 7) is 12.8. The molecule has 0 aliphatic heterocycles. The van der Waals surface area contributed by atoms with E-state index in [0.29, 0.717) is 0 Å². The molecule has 0 aliphatic carbocycles. The molecule has 0 saturated heterocycles. The lowest BCUT2D eigenvalue weighted by Gasteiger charge is -2.15. The monoisotopic (exact) mass is 277 g/mol. The quantitative estimate of drug-likeness (QED) is 0.200. The lowest BCUT2D eigenvalue weighted by atomic mass is 9.90. The molecule has 0 heterocycles. The Morgan fingerprint density at radius 3 is 1.60 bits per heavy atom. The van der Waals surface area contributed by atoms with Crippen LogP contribution in [0.3, 0.4) is 0 Å². The summed E-state index contributed by atoms with van der Waals surface area (Å²) in [6, 6.07) is 0. The van der Waals surface area contributed by atoms with Gasteiger partial charge in [-0.25, -0.2) is 0 Å². The summed E-state index contributed by atoms with van der Waals surface area (Å²) in [5.74, 6) is 0.921. The zero-order valence-electron chi connectivity index (χ0n) is 14.5. The molecule has 0 radical (unpaired) electrons. The van der Waals surface area contributed by atoms with Crippen LogP contribution in [0.4, 0.5) is 0 Å². The van der Waals surface area contributed by atoms with Crippen LogP contribution in [0.15, 0.2) is 23.3 Å². The minimum Gasteiger partial charge on any atom is -0.0887 e. The lowest BCUT2D eigenvalue weighted by molar-refractivity contribution is 0.389. The fourth-order valence-corrected chi connectivity index (χ4v) is 2.68. The predicted octanol–water partition coefficient (Wildman–Crippen LogP) is 7.27. The standard InChI is InChI=1S/C20H37/c1-6-13-20(16-11-9-14-18(4)7-2)17-12-10-15-19(5)8-3/h7-8,20H,1,6,9-17H2,2-5H3/q+1/b18-7+,19-8?. The molecule has 0 aliphatic rings. The molecule has 0 spiro atoms. The van der Waals surface area contributed by atoms with Crippen molar-refractivity contribution in [1.29, 1.82) is 0 Å². The second-order valence-corrected chi connectivity index (χ2v) is 6.27. The first-order valence-corrected chi connectivity index (χ1v) is 8.66. The molecule has 0 amide bonds. The van der Waals surface area contributed by atoms with Crippen molar-refractivity contribution in [2.75, 3.05) is 0 Å². The summed E-state index contributed by atoms with van der Waals surface area (Å²) in [5.41, 5.74) is 3.08. The van der Waals surface area contributed by atoms with Crippen LogP contribution in [0.5, 0.6) is 0 Å². The fourth-order valence-electron chi connectivity index (χ4n) is 2.68. The molecule has 1 unspecified atom stereocenters. The molecule has 0 aromatic carbocycles. The molecule has 0 heteroatoms. The van der Waals surface area contributed by atoms with Crippen molar-refractivity contribution in [3.8, 4) is 0 Å². The van der Waals surface area contributed by atoms with Crippen molar-refractivity contribution in [2.24, 2.45) is 5.92 Å². The normalized spacial score (nSPS) is 14.6. The Labute approximate surface area is 128 Å². The molecule has 20 heavy (non-hydrogen) atoms. The third-order valence-corrected chi connectivity index (χ3v) is 4.46. The Balaban J connectivity index is 3.75. The second-order valence-electron chi connectivity index (χ2n) is 6.27. The maximum absolute atomic E-state index is 4.05. The number of rotatable bonds is 12. The minimum atomic E-state index is 0.921. The summed E-state index contributed by atoms with van der Waals surface area (Å²) in [5, 5.41) is 0. The highest BCUT2D eigenvalue weighted by Crippen LogP contribution is 2.23. The molecule has 0 saturated carbocycles. The van der Waals surface area contributed by atoms with E-state index in [0.717, 1.165) is 12.3 Å². The smallest absolute Gasteiger partial charge is 0.0853 e. The van der Waals surface area contributed by atoms with Crippen molar-refractivity contribution < 1.29 is 0 Å². The third-order valence-electron chi connectivity index (χ3n) is 4.46. The van der Waals surface area contributed by atoms with Crippen molar-refractivity contribution >= 4 is 0 Å². The number of allylic oxidation sites excluding steroid dienone is 4. The van der Waals surface area contributed by atoms with Crippen LogP contribution in [0.1, 0.15) is 91.9 Å². The Morgan fingerprint density at radius 1 is 0.800 bits per heavy atom. The van der Waals surface area contributed by atoms with Gasteiger partial charge in [-0.15, -0.1) is 0 Å². The predicted molar refractivity (Wildman–Crippen MR) is 93.9 cm³/mol. The van der Waals surface area contributed by atoms with Crippen LogP contribution >= 0.6 is 0 Å². The van der Waals surface area contributed by atoms with Crippen LogP contribution in [-0.4, -0.2) is 0 Å². The van der Waals surface area contributed by atoms with Crippen LogP contribution in [0.25, 0.3) is 0 Å². The molecule has 0 bridgehead atoms. The maximum Gasteiger partial charge on any atom is 0.0853 e. The summed E-state index contributed by atoms with van der Waals surface area (Å²) < 4.78 is 0. The second kappa shape index (κ2) is 13.3. The van der Waals surface area contributed by atoms with Gasteiger partial charge in [0, 0.05) is 0 Å². The molecule has 0 fully saturated rings. The van der Waals surface area contributed by atoms with Gasteiger partial charge in [0.2, 0.25) is 0 Å². The van der Waals surface area contributed by atoms with E-state index in [1.54, 1.807) is 11.1 Å². The molecule has 1 atom stereocenters. The van der Waals surface area contributed by atoms with E-state index < -0.39 is 0 Å². The topological polar surface area (TPSA) is 0 Å². The van der Waals surface area contributed by atoms with Crippen molar-refractivity contribution in [3.05, 3.63) is 30.2 Å². The van der Waals surface area contributed by atoms with Crippen molar-refractivity contribution in [1.82, 2.24) is 0 Å². The Bertz CT molecular complexity index is 244. The highest BCUT2D eigenvalue weighted by Gasteiger charge is 2.09. The first-order valence-electron chi connectivity index (χ1n) is 8.66. The molecule has 0 N–H and O–H groups in total. The van der Waals surface area contributed by atoms with Crippen molar-refractivity contribution in [3.63, 3.8) is 0 Å². The molecule has 0 aromatic heterocycles. The molecule has 116 valence electrons. The van der Waals surface area contributed by atoms with E-state index in [1.807, 2.05) is 0 Å². The SMILES string of the molecule is [CH2+]CCC(CCCCC(C)=CC)CCCC/C(C)=C/C. The van der Waals surface area contributed by atoms with Gasteiger partial charge < -0.3 is 0 Å². The van der Waals surface area contributed by atoms with Crippen LogP contribution in [0.2, 0.25) is 0 Å². The van der Waals surface area contributed by atoms with E-state index in [9.17, 15) is 0 Å². The lowest BCUT2D eigenvalue weighted by Crippen LogP contribution is -2.01. The zero-order chi connectivity index (χ0) is 15.2. The average Bonchev–Trinajstić information content (AvgIpc) is 2.46. The maximum atomic E-state index is 4.05. The van der Waals surface area contributed by atoms with E-state index in [2.05, 4.69) is 46.8 Å². The van der Waals surface area contributed by atoms with Gasteiger partial charge in [0.15, 0.2) is 0 Å². The third kappa shape index (κ3) is 11.2. The van der Waals surface area contributed by atoms with Gasteiger partial charge in [0.1, 0.15) is 0 Å². The molecule has 0 aromatic rings. The van der Waals surface area contributed by atoms with Gasteiger partial charge in [-0.3, -0.25) is 0 Å². The summed E-state index contributed by atoms with van der Waals surface area (Å²) in [4.78, 5) is 0. The Hall–Kier alpha value is -0.650. The zero-order valence-corrected chi connectivity index (χ0v) is 14.5. The number of unbranched alkanes of at least 4 members (excludes halogenated alkanes) is 2. The molecule has 0 rings (SSSR count). The van der Waals surface area contributed by atoms with Gasteiger partial charge >= 0.3 is 0 Å². The van der Waals surface area contributed by atoms with Crippen LogP contribution in [0, 0.1) is 12.8 Å². The average molecular weight is 278 g/mol. The van der Waals surface area contributed by atoms with E-state index >= 15 is 0 Å². The minimum absolute atomic E-state index is 0.921. The molecular formula is C20H37+. The number of hydrogen-bond acceptors (Lipinski definition) is 0. The summed E-state index contributed by atoms with van der Waals surface area (Å²) in [6.07, 6.45) is 17.8. The van der Waals surface area contributed by atoms with E-state index in [-0.39, 0.29) is 0 Å². The van der Waals surface area contributed by atoms with Gasteiger partial charge in [-0.05, 0) is 65.7 Å². The Kier molecular flexibility index (Phi) is 12.9. The molecule has 0 nitrogen and oxygen atoms in total. The molecular weight excluding hydrogens is 240 g/mol. The van der Waals surface area contributed by atoms with Gasteiger partial charge in [-0.2, -0.15) is 0 Å². The fraction of sp³-hybridized carbons (Fsp3) is 0.750. The number of hydrogen-bond donors (Lipinski definition) is 0. The highest BCUT2D eigenvalue weighted by atomic mass is 14.1. The van der Waals surface area contributed by atoms with Crippen molar-refractivity contribution in [2.45, 2.75) is 91.9 Å². The summed E-state index contributed by atoms with van der Waals surface area (Å²) in [7, 11) is 0. The van der Waals surface area contributed by atoms with Gasteiger partial charge in [-0.1, -0.05) is 49.0 Å². The van der Waals surface area contributed by atoms with E-state index in [4.69, 9.17) is 0 Å². The van der Waals surface area contributed by atoms with E-state index in [1.165, 1.54) is 57.8 Å².